The van der Waals surface area contributed by atoms with Crippen LogP contribution in [0.4, 0.5) is 23.7 Å². The Balaban J connectivity index is 1.61. The minimum absolute atomic E-state index is 0.0565. The molecular formula is C21H21ClF3N3O3. The van der Waals surface area contributed by atoms with Crippen LogP contribution in [0.1, 0.15) is 23.7 Å². The van der Waals surface area contributed by atoms with Crippen molar-refractivity contribution in [1.82, 2.24) is 4.90 Å². The summed E-state index contributed by atoms with van der Waals surface area (Å²) in [6, 6.07) is 12.4. The van der Waals surface area contributed by atoms with Crippen LogP contribution in [0.25, 0.3) is 0 Å². The van der Waals surface area contributed by atoms with Crippen LogP contribution in [0.5, 0.6) is 0 Å². The van der Waals surface area contributed by atoms with Gasteiger partial charge in [-0.2, -0.15) is 13.2 Å². The van der Waals surface area contributed by atoms with E-state index in [2.05, 4.69) is 0 Å². The van der Waals surface area contributed by atoms with Gasteiger partial charge in [-0.1, -0.05) is 41.9 Å². The topological polar surface area (TPSA) is 75.9 Å². The second-order valence-corrected chi connectivity index (χ2v) is 7.48. The Morgan fingerprint density at radius 2 is 1.71 bits per heavy atom. The molecule has 1 aliphatic rings. The number of hydrogen-bond acceptors (Lipinski definition) is 4. The lowest BCUT2D eigenvalue weighted by molar-refractivity contribution is -0.137. The Bertz CT molecular complexity index is 932. The van der Waals surface area contributed by atoms with E-state index in [0.717, 1.165) is 6.07 Å². The summed E-state index contributed by atoms with van der Waals surface area (Å²) in [5, 5.41) is -0.363. The van der Waals surface area contributed by atoms with Crippen molar-refractivity contribution in [3.05, 3.63) is 64.7 Å². The minimum atomic E-state index is -4.51. The lowest BCUT2D eigenvalue weighted by atomic mass is 10.1. The zero-order chi connectivity index (χ0) is 22.6. The summed E-state index contributed by atoms with van der Waals surface area (Å²) in [5.41, 5.74) is 5.48. The molecule has 31 heavy (non-hydrogen) atoms. The van der Waals surface area contributed by atoms with Crippen molar-refractivity contribution in [3.8, 4) is 0 Å². The number of primary amides is 1. The van der Waals surface area contributed by atoms with Gasteiger partial charge in [0.05, 0.1) is 17.0 Å². The summed E-state index contributed by atoms with van der Waals surface area (Å²) >= 11 is 5.81. The van der Waals surface area contributed by atoms with E-state index in [1.165, 1.54) is 12.1 Å². The first-order valence-corrected chi connectivity index (χ1v) is 9.93. The molecule has 0 bridgehead atoms. The van der Waals surface area contributed by atoms with Gasteiger partial charge in [0.15, 0.2) is 0 Å². The number of nitrogens with zero attached hydrogens (tertiary/aromatic N) is 2. The molecule has 1 saturated heterocycles. The second-order valence-electron chi connectivity index (χ2n) is 7.07. The highest BCUT2D eigenvalue weighted by molar-refractivity contribution is 6.31. The second kappa shape index (κ2) is 9.47. The summed E-state index contributed by atoms with van der Waals surface area (Å²) in [4.78, 5) is 27.5. The smallest absolute Gasteiger partial charge is 0.417 e. The Hall–Kier alpha value is -2.94. The van der Waals surface area contributed by atoms with Crippen LogP contribution in [0, 0.1) is 0 Å². The van der Waals surface area contributed by atoms with Gasteiger partial charge >= 0.3 is 12.3 Å². The maximum atomic E-state index is 12.9. The molecule has 10 heteroatoms. The number of carbonyl (C=O) groups excluding carboxylic acids is 2. The van der Waals surface area contributed by atoms with E-state index in [0.29, 0.717) is 37.4 Å². The van der Waals surface area contributed by atoms with E-state index in [-0.39, 0.29) is 17.4 Å². The quantitative estimate of drug-likeness (QED) is 0.732. The lowest BCUT2D eigenvalue weighted by Gasteiger charge is -2.36. The van der Waals surface area contributed by atoms with Crippen molar-refractivity contribution in [2.75, 3.05) is 31.1 Å². The highest BCUT2D eigenvalue weighted by Gasteiger charge is 2.33. The number of halogens is 4. The van der Waals surface area contributed by atoms with Gasteiger partial charge in [0.2, 0.25) is 5.91 Å². The number of benzene rings is 2. The molecule has 2 amide bonds. The predicted octanol–water partition coefficient (Wildman–Crippen LogP) is 4.23. The molecule has 2 N–H and O–H groups in total. The molecule has 166 valence electrons. The van der Waals surface area contributed by atoms with Gasteiger partial charge in [0.1, 0.15) is 6.10 Å². The Morgan fingerprint density at radius 1 is 1.06 bits per heavy atom. The van der Waals surface area contributed by atoms with Crippen molar-refractivity contribution in [2.45, 2.75) is 18.7 Å². The Morgan fingerprint density at radius 3 is 2.26 bits per heavy atom. The fourth-order valence-electron chi connectivity index (χ4n) is 3.47. The fraction of sp³-hybridized carbons (Fsp3) is 0.333. The van der Waals surface area contributed by atoms with E-state index >= 15 is 0 Å². The van der Waals surface area contributed by atoms with Gasteiger partial charge in [-0.15, -0.1) is 0 Å². The molecule has 0 aromatic heterocycles. The van der Waals surface area contributed by atoms with Gasteiger partial charge in [-0.05, 0) is 23.8 Å². The third kappa shape index (κ3) is 5.81. The molecule has 6 nitrogen and oxygen atoms in total. The highest BCUT2D eigenvalue weighted by atomic mass is 35.5. The first-order chi connectivity index (χ1) is 14.6. The zero-order valence-corrected chi connectivity index (χ0v) is 17.2. The third-order valence-corrected chi connectivity index (χ3v) is 5.36. The number of ether oxygens (including phenoxy) is 1. The SMILES string of the molecule is NC(=O)OC(CC(=O)N1CCN(c2ccc(C(F)(F)F)c(Cl)c2)CC1)c1ccccc1. The molecule has 2 aromatic rings. The molecule has 3 rings (SSSR count). The summed E-state index contributed by atoms with van der Waals surface area (Å²) in [6.07, 6.45) is -6.33. The van der Waals surface area contributed by atoms with Crippen LogP contribution in [0.3, 0.4) is 0 Å². The average Bonchev–Trinajstić information content (AvgIpc) is 2.72. The van der Waals surface area contributed by atoms with Gasteiger partial charge in [0.25, 0.3) is 0 Å². The van der Waals surface area contributed by atoms with Crippen molar-refractivity contribution < 1.29 is 27.5 Å². The normalized spacial score (nSPS) is 15.5. The number of piperazine rings is 1. The zero-order valence-electron chi connectivity index (χ0n) is 16.4. The van der Waals surface area contributed by atoms with Gasteiger partial charge in [-0.25, -0.2) is 4.79 Å². The summed E-state index contributed by atoms with van der Waals surface area (Å²) in [5.74, 6) is -0.208. The van der Waals surface area contributed by atoms with Gasteiger partial charge < -0.3 is 20.3 Å². The minimum Gasteiger partial charge on any atom is -0.441 e. The van der Waals surface area contributed by atoms with Crippen LogP contribution in [-0.4, -0.2) is 43.1 Å². The van der Waals surface area contributed by atoms with E-state index in [1.54, 1.807) is 35.2 Å². The molecule has 1 aliphatic heterocycles. The van der Waals surface area contributed by atoms with Crippen molar-refractivity contribution in [2.24, 2.45) is 5.73 Å². The van der Waals surface area contributed by atoms with E-state index < -0.39 is 23.9 Å². The van der Waals surface area contributed by atoms with Gasteiger partial charge in [0, 0.05) is 31.9 Å². The number of alkyl halides is 3. The molecule has 0 aliphatic carbocycles. The van der Waals surface area contributed by atoms with Crippen molar-refractivity contribution >= 4 is 29.3 Å². The maximum absolute atomic E-state index is 12.9. The number of amides is 2. The van der Waals surface area contributed by atoms with Crippen LogP contribution >= 0.6 is 11.6 Å². The van der Waals surface area contributed by atoms with E-state index in [1.807, 2.05) is 4.90 Å². The standard InChI is InChI=1S/C21H21ClF3N3O3/c22-17-12-15(6-7-16(17)21(23,24)25)27-8-10-28(11-9-27)19(29)13-18(31-20(26)30)14-4-2-1-3-5-14/h1-7,12,18H,8-11,13H2,(H2,26,30). The molecule has 2 aromatic carbocycles. The average molecular weight is 456 g/mol. The first kappa shape index (κ1) is 22.7. The number of carbonyl (C=O) groups is 2. The highest BCUT2D eigenvalue weighted by Crippen LogP contribution is 2.36. The van der Waals surface area contributed by atoms with Crippen LogP contribution in [0.15, 0.2) is 48.5 Å². The Kier molecular flexibility index (Phi) is 6.94. The number of hydrogen-bond donors (Lipinski definition) is 1. The number of anilines is 1. The molecule has 1 unspecified atom stereocenters. The van der Waals surface area contributed by atoms with Crippen LogP contribution < -0.4 is 10.6 Å². The molecular weight excluding hydrogens is 435 g/mol. The van der Waals surface area contributed by atoms with Gasteiger partial charge in [-0.3, -0.25) is 4.79 Å². The molecule has 1 heterocycles. The predicted molar refractivity (Wildman–Crippen MR) is 110 cm³/mol. The maximum Gasteiger partial charge on any atom is 0.417 e. The molecule has 1 fully saturated rings. The van der Waals surface area contributed by atoms with Crippen molar-refractivity contribution in [3.63, 3.8) is 0 Å². The number of nitrogens with two attached hydrogens (primary N) is 1. The van der Waals surface area contributed by atoms with Crippen LogP contribution in [-0.2, 0) is 15.7 Å². The lowest BCUT2D eigenvalue weighted by Crippen LogP contribution is -2.49. The summed E-state index contributed by atoms with van der Waals surface area (Å²) in [7, 11) is 0. The number of rotatable bonds is 5. The molecule has 0 saturated carbocycles. The molecule has 0 radical (unpaired) electrons. The van der Waals surface area contributed by atoms with E-state index in [4.69, 9.17) is 22.1 Å². The molecule has 1 atom stereocenters. The fourth-order valence-corrected chi connectivity index (χ4v) is 3.75. The summed E-state index contributed by atoms with van der Waals surface area (Å²) in [6.45, 7) is 1.60. The van der Waals surface area contributed by atoms with Crippen molar-refractivity contribution in [1.29, 1.82) is 0 Å². The first-order valence-electron chi connectivity index (χ1n) is 9.55. The van der Waals surface area contributed by atoms with Crippen LogP contribution in [0.2, 0.25) is 5.02 Å². The largest absolute Gasteiger partial charge is 0.441 e. The Labute approximate surface area is 182 Å². The monoisotopic (exact) mass is 455 g/mol. The van der Waals surface area contributed by atoms with E-state index in [9.17, 15) is 22.8 Å². The summed E-state index contributed by atoms with van der Waals surface area (Å²) < 4.78 is 43.8. The third-order valence-electron chi connectivity index (χ3n) is 5.05. The molecule has 0 spiro atoms.